The summed E-state index contributed by atoms with van der Waals surface area (Å²) < 4.78 is 15.9. The molecule has 0 radical (unpaired) electrons. The number of nitrogens with one attached hydrogen (secondary N) is 2. The highest BCUT2D eigenvalue weighted by molar-refractivity contribution is 5.95. The van der Waals surface area contributed by atoms with E-state index >= 15 is 0 Å². The lowest BCUT2D eigenvalue weighted by Gasteiger charge is -2.10. The average molecular weight is 428 g/mol. The van der Waals surface area contributed by atoms with Crippen LogP contribution in [0.4, 0.5) is 0 Å². The van der Waals surface area contributed by atoms with Crippen LogP contribution in [0.2, 0.25) is 0 Å². The van der Waals surface area contributed by atoms with Crippen LogP contribution in [0.3, 0.4) is 0 Å². The van der Waals surface area contributed by atoms with Gasteiger partial charge in [-0.05, 0) is 61.4 Å². The molecule has 8 nitrogen and oxygen atoms in total. The Kier molecular flexibility index (Phi) is 9.87. The normalized spacial score (nSPS) is 10.1. The summed E-state index contributed by atoms with van der Waals surface area (Å²) >= 11 is 0. The summed E-state index contributed by atoms with van der Waals surface area (Å²) in [7, 11) is 0. The Balaban J connectivity index is 1.72. The van der Waals surface area contributed by atoms with Gasteiger partial charge in [0.2, 0.25) is 0 Å². The Morgan fingerprint density at radius 2 is 1.35 bits per heavy atom. The first-order valence-electron chi connectivity index (χ1n) is 10.3. The van der Waals surface area contributed by atoms with Gasteiger partial charge in [0.05, 0.1) is 18.8 Å². The third-order valence-electron chi connectivity index (χ3n) is 4.10. The van der Waals surface area contributed by atoms with E-state index in [2.05, 4.69) is 17.8 Å². The summed E-state index contributed by atoms with van der Waals surface area (Å²) in [5.74, 6) is -0.295. The third kappa shape index (κ3) is 8.38. The van der Waals surface area contributed by atoms with Crippen molar-refractivity contribution in [3.05, 3.63) is 59.7 Å². The SMILES string of the molecule is CCCCOc1ccc(C(=O)NNC(=O)COc2ccc(C(=O)OCCC)cc2)cc1. The van der Waals surface area contributed by atoms with Crippen LogP contribution >= 0.6 is 0 Å². The van der Waals surface area contributed by atoms with E-state index in [0.717, 1.165) is 19.3 Å². The van der Waals surface area contributed by atoms with Gasteiger partial charge in [-0.1, -0.05) is 20.3 Å². The fourth-order valence-corrected chi connectivity index (χ4v) is 2.39. The van der Waals surface area contributed by atoms with Crippen LogP contribution in [0, 0.1) is 0 Å². The number of ether oxygens (including phenoxy) is 3. The van der Waals surface area contributed by atoms with Crippen molar-refractivity contribution in [1.82, 2.24) is 10.9 Å². The van der Waals surface area contributed by atoms with E-state index < -0.39 is 17.8 Å². The smallest absolute Gasteiger partial charge is 0.338 e. The van der Waals surface area contributed by atoms with Crippen molar-refractivity contribution < 1.29 is 28.6 Å². The van der Waals surface area contributed by atoms with Gasteiger partial charge >= 0.3 is 5.97 Å². The molecule has 2 amide bonds. The summed E-state index contributed by atoms with van der Waals surface area (Å²) in [5.41, 5.74) is 5.41. The lowest BCUT2D eigenvalue weighted by molar-refractivity contribution is -0.123. The first kappa shape index (κ1) is 23.7. The second-order valence-electron chi connectivity index (χ2n) is 6.68. The zero-order valence-corrected chi connectivity index (χ0v) is 17.8. The van der Waals surface area contributed by atoms with Gasteiger partial charge < -0.3 is 14.2 Å². The fraction of sp³-hybridized carbons (Fsp3) is 0.348. The van der Waals surface area contributed by atoms with Crippen molar-refractivity contribution in [2.45, 2.75) is 33.1 Å². The molecule has 31 heavy (non-hydrogen) atoms. The van der Waals surface area contributed by atoms with E-state index in [9.17, 15) is 14.4 Å². The Morgan fingerprint density at radius 3 is 1.97 bits per heavy atom. The molecule has 2 N–H and O–H groups in total. The fourth-order valence-electron chi connectivity index (χ4n) is 2.39. The van der Waals surface area contributed by atoms with Gasteiger partial charge in [0.15, 0.2) is 6.61 Å². The molecule has 0 atom stereocenters. The molecule has 2 rings (SSSR count). The number of rotatable bonds is 11. The van der Waals surface area contributed by atoms with Gasteiger partial charge in [0.25, 0.3) is 11.8 Å². The molecule has 0 spiro atoms. The van der Waals surface area contributed by atoms with Crippen LogP contribution in [-0.2, 0) is 9.53 Å². The standard InChI is InChI=1S/C23H28N2O6/c1-3-5-15-29-19-10-6-17(7-11-19)22(27)25-24-21(26)16-31-20-12-8-18(9-13-20)23(28)30-14-4-2/h6-13H,3-5,14-16H2,1-2H3,(H,24,26)(H,25,27). The van der Waals surface area contributed by atoms with Crippen molar-refractivity contribution in [2.24, 2.45) is 0 Å². The second-order valence-corrected chi connectivity index (χ2v) is 6.68. The number of carbonyl (C=O) groups is 3. The van der Waals surface area contributed by atoms with Gasteiger partial charge in [-0.15, -0.1) is 0 Å². The van der Waals surface area contributed by atoms with E-state index in [4.69, 9.17) is 14.2 Å². The predicted molar refractivity (Wildman–Crippen MR) is 115 cm³/mol. The minimum Gasteiger partial charge on any atom is -0.494 e. The molecule has 0 aromatic heterocycles. The molecule has 2 aromatic carbocycles. The maximum absolute atomic E-state index is 12.1. The summed E-state index contributed by atoms with van der Waals surface area (Å²) in [6.45, 7) is 4.68. The van der Waals surface area contributed by atoms with Crippen LogP contribution in [0.25, 0.3) is 0 Å². The van der Waals surface area contributed by atoms with E-state index in [1.54, 1.807) is 48.5 Å². The largest absolute Gasteiger partial charge is 0.494 e. The van der Waals surface area contributed by atoms with Crippen LogP contribution in [0.1, 0.15) is 53.8 Å². The van der Waals surface area contributed by atoms with Crippen LogP contribution in [-0.4, -0.2) is 37.6 Å². The highest BCUT2D eigenvalue weighted by atomic mass is 16.5. The van der Waals surface area contributed by atoms with Gasteiger partial charge in [-0.25, -0.2) is 4.79 Å². The molecule has 0 aliphatic heterocycles. The first-order valence-corrected chi connectivity index (χ1v) is 10.3. The van der Waals surface area contributed by atoms with Crippen molar-refractivity contribution >= 4 is 17.8 Å². The Bertz CT molecular complexity index is 849. The molecule has 166 valence electrons. The van der Waals surface area contributed by atoms with Gasteiger partial charge in [-0.3, -0.25) is 20.4 Å². The molecule has 0 saturated heterocycles. The zero-order valence-electron chi connectivity index (χ0n) is 17.8. The number of hydrogen-bond acceptors (Lipinski definition) is 6. The van der Waals surface area contributed by atoms with Crippen LogP contribution < -0.4 is 20.3 Å². The quantitative estimate of drug-likeness (QED) is 0.323. The average Bonchev–Trinajstić information content (AvgIpc) is 2.80. The summed E-state index contributed by atoms with van der Waals surface area (Å²) in [6.07, 6.45) is 2.76. The van der Waals surface area contributed by atoms with Crippen LogP contribution in [0.15, 0.2) is 48.5 Å². The lowest BCUT2D eigenvalue weighted by atomic mass is 10.2. The molecular weight excluding hydrogens is 400 g/mol. The predicted octanol–water partition coefficient (Wildman–Crippen LogP) is 3.27. The van der Waals surface area contributed by atoms with Crippen molar-refractivity contribution in [2.75, 3.05) is 19.8 Å². The monoisotopic (exact) mass is 428 g/mol. The Hall–Kier alpha value is -3.55. The summed E-state index contributed by atoms with van der Waals surface area (Å²) in [5, 5.41) is 0. The van der Waals surface area contributed by atoms with Crippen molar-refractivity contribution in [1.29, 1.82) is 0 Å². The maximum Gasteiger partial charge on any atom is 0.338 e. The van der Waals surface area contributed by atoms with Crippen molar-refractivity contribution in [3.8, 4) is 11.5 Å². The number of amides is 2. The first-order chi connectivity index (χ1) is 15.0. The zero-order chi connectivity index (χ0) is 22.5. The highest BCUT2D eigenvalue weighted by Gasteiger charge is 2.10. The van der Waals surface area contributed by atoms with E-state index in [-0.39, 0.29) is 6.61 Å². The molecule has 0 heterocycles. The van der Waals surface area contributed by atoms with Crippen LogP contribution in [0.5, 0.6) is 11.5 Å². The maximum atomic E-state index is 12.1. The molecule has 2 aromatic rings. The summed E-state index contributed by atoms with van der Waals surface area (Å²) in [6, 6.07) is 12.9. The third-order valence-corrected chi connectivity index (χ3v) is 4.10. The number of benzene rings is 2. The minimum atomic E-state index is -0.528. The highest BCUT2D eigenvalue weighted by Crippen LogP contribution is 2.14. The Labute approximate surface area is 181 Å². The molecule has 0 bridgehead atoms. The number of hydrogen-bond donors (Lipinski definition) is 2. The van der Waals surface area contributed by atoms with Gasteiger partial charge in [-0.2, -0.15) is 0 Å². The van der Waals surface area contributed by atoms with Gasteiger partial charge in [0, 0.05) is 5.56 Å². The molecule has 0 unspecified atom stereocenters. The number of unbranched alkanes of at least 4 members (excludes halogenated alkanes) is 1. The number of hydrazine groups is 1. The molecular formula is C23H28N2O6. The molecule has 0 aliphatic rings. The minimum absolute atomic E-state index is 0.301. The van der Waals surface area contributed by atoms with E-state index in [1.807, 2.05) is 6.92 Å². The molecule has 8 heteroatoms. The molecule has 0 fully saturated rings. The Morgan fingerprint density at radius 1 is 0.742 bits per heavy atom. The van der Waals surface area contributed by atoms with E-state index in [1.165, 1.54) is 0 Å². The number of carbonyl (C=O) groups excluding carboxylic acids is 3. The molecule has 0 saturated carbocycles. The van der Waals surface area contributed by atoms with E-state index in [0.29, 0.717) is 35.8 Å². The van der Waals surface area contributed by atoms with Crippen molar-refractivity contribution in [3.63, 3.8) is 0 Å². The number of esters is 1. The molecule has 0 aliphatic carbocycles. The summed E-state index contributed by atoms with van der Waals surface area (Å²) in [4.78, 5) is 35.8. The van der Waals surface area contributed by atoms with Gasteiger partial charge in [0.1, 0.15) is 11.5 Å². The lowest BCUT2D eigenvalue weighted by Crippen LogP contribution is -2.43. The topological polar surface area (TPSA) is 103 Å². The second kappa shape index (κ2) is 12.9.